The Morgan fingerprint density at radius 2 is 2.14 bits per heavy atom. The van der Waals surface area contributed by atoms with Crippen molar-refractivity contribution < 1.29 is 9.59 Å². The second-order valence-corrected chi connectivity index (χ2v) is 3.46. The highest BCUT2D eigenvalue weighted by atomic mass is 16.1. The summed E-state index contributed by atoms with van der Waals surface area (Å²) in [5.41, 5.74) is 0.501. The lowest BCUT2D eigenvalue weighted by molar-refractivity contribution is -0.121. The Labute approximate surface area is 83.2 Å². The number of carbonyl (C=O) groups is 2. The second kappa shape index (κ2) is 4.65. The molecule has 0 amide bonds. The summed E-state index contributed by atoms with van der Waals surface area (Å²) in [6, 6.07) is 3.36. The van der Waals surface area contributed by atoms with Crippen LogP contribution in [0.2, 0.25) is 0 Å². The fourth-order valence-corrected chi connectivity index (χ4v) is 0.992. The molecule has 0 aliphatic rings. The van der Waals surface area contributed by atoms with Crippen molar-refractivity contribution in [1.82, 2.24) is 4.98 Å². The predicted molar refractivity (Wildman–Crippen MR) is 53.0 cm³/mol. The molecule has 1 aromatic rings. The monoisotopic (exact) mass is 191 g/mol. The van der Waals surface area contributed by atoms with Crippen molar-refractivity contribution in [2.24, 2.45) is 5.92 Å². The van der Waals surface area contributed by atoms with Gasteiger partial charge in [0.15, 0.2) is 5.78 Å². The van der Waals surface area contributed by atoms with Crippen LogP contribution < -0.4 is 0 Å². The van der Waals surface area contributed by atoms with Gasteiger partial charge in [-0.25, -0.2) is 0 Å². The summed E-state index contributed by atoms with van der Waals surface area (Å²) < 4.78 is 0. The number of ketones is 2. The number of hydrogen-bond acceptors (Lipinski definition) is 3. The van der Waals surface area contributed by atoms with Gasteiger partial charge in [0.05, 0.1) is 6.42 Å². The van der Waals surface area contributed by atoms with Crippen molar-refractivity contribution in [3.8, 4) is 0 Å². The Morgan fingerprint density at radius 1 is 1.43 bits per heavy atom. The molecule has 1 heterocycles. The lowest BCUT2D eigenvalue weighted by Crippen LogP contribution is -2.13. The van der Waals surface area contributed by atoms with E-state index >= 15 is 0 Å². The van der Waals surface area contributed by atoms with Crippen LogP contribution in [0.4, 0.5) is 0 Å². The van der Waals surface area contributed by atoms with Crippen LogP contribution >= 0.6 is 0 Å². The molecule has 0 saturated heterocycles. The van der Waals surface area contributed by atoms with E-state index in [-0.39, 0.29) is 23.9 Å². The molecule has 14 heavy (non-hydrogen) atoms. The smallest absolute Gasteiger partial charge is 0.171 e. The minimum Gasteiger partial charge on any atom is -0.299 e. The van der Waals surface area contributed by atoms with Gasteiger partial charge in [0, 0.05) is 23.9 Å². The Kier molecular flexibility index (Phi) is 3.51. The largest absolute Gasteiger partial charge is 0.299 e. The van der Waals surface area contributed by atoms with Crippen LogP contribution in [0.3, 0.4) is 0 Å². The van der Waals surface area contributed by atoms with Gasteiger partial charge in [0.25, 0.3) is 0 Å². The first-order valence-electron chi connectivity index (χ1n) is 4.57. The molecule has 1 rings (SSSR count). The van der Waals surface area contributed by atoms with Gasteiger partial charge in [0.1, 0.15) is 5.78 Å². The van der Waals surface area contributed by atoms with E-state index in [0.717, 1.165) is 0 Å². The fourth-order valence-electron chi connectivity index (χ4n) is 0.992. The van der Waals surface area contributed by atoms with Gasteiger partial charge in [-0.15, -0.1) is 0 Å². The molecule has 3 heteroatoms. The Bertz CT molecular complexity index is 330. The van der Waals surface area contributed by atoms with Crippen molar-refractivity contribution in [3.63, 3.8) is 0 Å². The van der Waals surface area contributed by atoms with Crippen LogP contribution in [0.25, 0.3) is 0 Å². The van der Waals surface area contributed by atoms with Gasteiger partial charge in [-0.3, -0.25) is 14.6 Å². The Hall–Kier alpha value is -1.51. The van der Waals surface area contributed by atoms with Gasteiger partial charge in [0.2, 0.25) is 0 Å². The summed E-state index contributed by atoms with van der Waals surface area (Å²) in [4.78, 5) is 26.6. The van der Waals surface area contributed by atoms with E-state index in [4.69, 9.17) is 0 Å². The number of carbonyl (C=O) groups excluding carboxylic acids is 2. The molecule has 0 bridgehead atoms. The molecule has 0 fully saturated rings. The van der Waals surface area contributed by atoms with Crippen molar-refractivity contribution in [2.75, 3.05) is 0 Å². The molecule has 0 atom stereocenters. The average Bonchev–Trinajstić information content (AvgIpc) is 2.19. The Morgan fingerprint density at radius 3 is 2.64 bits per heavy atom. The first kappa shape index (κ1) is 10.6. The minimum atomic E-state index is -0.156. The zero-order valence-corrected chi connectivity index (χ0v) is 8.36. The van der Waals surface area contributed by atoms with Crippen molar-refractivity contribution in [1.29, 1.82) is 0 Å². The molecule has 0 aromatic carbocycles. The predicted octanol–water partition coefficient (Wildman–Crippen LogP) is 1.88. The summed E-state index contributed by atoms with van der Waals surface area (Å²) >= 11 is 0. The number of aromatic nitrogens is 1. The van der Waals surface area contributed by atoms with Crippen LogP contribution in [0.15, 0.2) is 24.5 Å². The van der Waals surface area contributed by atoms with E-state index in [1.54, 1.807) is 32.2 Å². The third-order valence-corrected chi connectivity index (χ3v) is 1.96. The highest BCUT2D eigenvalue weighted by molar-refractivity contribution is 6.08. The maximum Gasteiger partial charge on any atom is 0.171 e. The average molecular weight is 191 g/mol. The third-order valence-electron chi connectivity index (χ3n) is 1.96. The maximum atomic E-state index is 11.5. The van der Waals surface area contributed by atoms with Crippen LogP contribution in [-0.2, 0) is 4.79 Å². The fraction of sp³-hybridized carbons (Fsp3) is 0.364. The van der Waals surface area contributed by atoms with E-state index in [9.17, 15) is 9.59 Å². The summed E-state index contributed by atoms with van der Waals surface area (Å²) in [5, 5.41) is 0. The molecular formula is C11H13NO2. The standard InChI is InChI=1S/C11H13NO2/c1-8(2)10(13)6-11(14)9-4-3-5-12-7-9/h3-5,7-8H,6H2,1-2H3. The topological polar surface area (TPSA) is 47.0 Å². The first-order valence-corrected chi connectivity index (χ1v) is 4.57. The molecule has 1 aromatic heterocycles. The number of Topliss-reactive ketones (excluding diaryl/α,β-unsaturated/α-hetero) is 2. The normalized spacial score (nSPS) is 10.2. The van der Waals surface area contributed by atoms with Crippen molar-refractivity contribution in [3.05, 3.63) is 30.1 Å². The SMILES string of the molecule is CC(C)C(=O)CC(=O)c1cccnc1. The first-order chi connectivity index (χ1) is 6.61. The van der Waals surface area contributed by atoms with E-state index in [1.165, 1.54) is 6.20 Å². The number of hydrogen-bond donors (Lipinski definition) is 0. The van der Waals surface area contributed by atoms with Crippen LogP contribution in [0.5, 0.6) is 0 Å². The number of pyridine rings is 1. The van der Waals surface area contributed by atoms with E-state index in [0.29, 0.717) is 5.56 Å². The molecular weight excluding hydrogens is 178 g/mol. The lowest BCUT2D eigenvalue weighted by Gasteiger charge is -2.02. The molecule has 0 unspecified atom stereocenters. The van der Waals surface area contributed by atoms with Gasteiger partial charge in [-0.1, -0.05) is 13.8 Å². The minimum absolute atomic E-state index is 0.0244. The van der Waals surface area contributed by atoms with Crippen LogP contribution in [0, 0.1) is 5.92 Å². The van der Waals surface area contributed by atoms with E-state index in [1.807, 2.05) is 0 Å². The second-order valence-electron chi connectivity index (χ2n) is 3.46. The molecule has 0 radical (unpaired) electrons. The summed E-state index contributed by atoms with van der Waals surface area (Å²) in [7, 11) is 0. The number of rotatable bonds is 4. The molecule has 0 spiro atoms. The number of nitrogens with zero attached hydrogens (tertiary/aromatic N) is 1. The molecule has 0 saturated carbocycles. The van der Waals surface area contributed by atoms with Crippen LogP contribution in [0.1, 0.15) is 30.6 Å². The van der Waals surface area contributed by atoms with Gasteiger partial charge >= 0.3 is 0 Å². The maximum absolute atomic E-state index is 11.5. The zero-order chi connectivity index (χ0) is 10.6. The van der Waals surface area contributed by atoms with Crippen LogP contribution in [-0.4, -0.2) is 16.6 Å². The van der Waals surface area contributed by atoms with E-state index < -0.39 is 0 Å². The lowest BCUT2D eigenvalue weighted by atomic mass is 10.0. The molecule has 0 N–H and O–H groups in total. The molecule has 3 nitrogen and oxygen atoms in total. The summed E-state index contributed by atoms with van der Waals surface area (Å²) in [6.45, 7) is 3.58. The van der Waals surface area contributed by atoms with Crippen molar-refractivity contribution >= 4 is 11.6 Å². The van der Waals surface area contributed by atoms with E-state index in [2.05, 4.69) is 4.98 Å². The van der Waals surface area contributed by atoms with Crippen molar-refractivity contribution in [2.45, 2.75) is 20.3 Å². The van der Waals surface area contributed by atoms with Gasteiger partial charge in [-0.2, -0.15) is 0 Å². The van der Waals surface area contributed by atoms with Gasteiger partial charge < -0.3 is 0 Å². The Balaban J connectivity index is 2.65. The highest BCUT2D eigenvalue weighted by Gasteiger charge is 2.14. The highest BCUT2D eigenvalue weighted by Crippen LogP contribution is 2.05. The summed E-state index contributed by atoms with van der Waals surface area (Å²) in [5.74, 6) is -0.272. The third kappa shape index (κ3) is 2.76. The molecule has 74 valence electrons. The quantitative estimate of drug-likeness (QED) is 0.539. The molecule has 0 aliphatic heterocycles. The zero-order valence-electron chi connectivity index (χ0n) is 8.36. The van der Waals surface area contributed by atoms with Gasteiger partial charge in [-0.05, 0) is 12.1 Å². The molecule has 0 aliphatic carbocycles. The summed E-state index contributed by atoms with van der Waals surface area (Å²) in [6.07, 6.45) is 3.06.